The van der Waals surface area contributed by atoms with E-state index in [9.17, 15) is 4.79 Å². The molecule has 2 heterocycles. The maximum atomic E-state index is 12.1. The van der Waals surface area contributed by atoms with Crippen molar-refractivity contribution in [3.8, 4) is 5.69 Å². The first-order valence-electron chi connectivity index (χ1n) is 5.77. The molecule has 0 aliphatic carbocycles. The predicted octanol–water partition coefficient (Wildman–Crippen LogP) is 1.89. The number of nitrogens with zero attached hydrogens (tertiary/aromatic N) is 4. The Morgan fingerprint density at radius 1 is 1.00 bits per heavy atom. The Hall–Kier alpha value is -2.82. The van der Waals surface area contributed by atoms with Gasteiger partial charge in [0.25, 0.3) is 0 Å². The molecule has 0 saturated heterocycles. The normalized spacial score (nSPS) is 10.3. The average molecular weight is 250 g/mol. The van der Waals surface area contributed by atoms with Crippen LogP contribution in [0.2, 0.25) is 0 Å². The fraction of sp³-hybridized carbons (Fsp3) is 0. The molecule has 0 amide bonds. The molecule has 0 aliphatic rings. The summed E-state index contributed by atoms with van der Waals surface area (Å²) >= 11 is 0. The van der Waals surface area contributed by atoms with Gasteiger partial charge in [-0.25, -0.2) is 0 Å². The van der Waals surface area contributed by atoms with Crippen LogP contribution >= 0.6 is 0 Å². The van der Waals surface area contributed by atoms with Gasteiger partial charge in [0.1, 0.15) is 0 Å². The highest BCUT2D eigenvalue weighted by molar-refractivity contribution is 6.07. The van der Waals surface area contributed by atoms with Crippen LogP contribution in [-0.4, -0.2) is 25.8 Å². The number of hydrogen-bond acceptors (Lipinski definition) is 4. The van der Waals surface area contributed by atoms with Crippen LogP contribution in [0, 0.1) is 0 Å². The van der Waals surface area contributed by atoms with Crippen molar-refractivity contribution in [2.75, 3.05) is 0 Å². The molecule has 0 spiro atoms. The number of carbonyl (C=O) groups is 1. The monoisotopic (exact) mass is 250 g/mol. The van der Waals surface area contributed by atoms with Crippen molar-refractivity contribution in [1.82, 2.24) is 20.0 Å². The number of ketones is 1. The van der Waals surface area contributed by atoms with E-state index < -0.39 is 0 Å². The Morgan fingerprint density at radius 2 is 1.84 bits per heavy atom. The molecule has 5 heteroatoms. The SMILES string of the molecule is O=C(c1cccnc1)c1cnn(-c2ccccc2)n1. The molecule has 0 fully saturated rings. The van der Waals surface area contributed by atoms with Gasteiger partial charge in [0, 0.05) is 18.0 Å². The fourth-order valence-electron chi connectivity index (χ4n) is 1.70. The first-order valence-corrected chi connectivity index (χ1v) is 5.77. The number of hydrogen-bond donors (Lipinski definition) is 0. The Bertz CT molecular complexity index is 692. The van der Waals surface area contributed by atoms with Gasteiger partial charge in [0.2, 0.25) is 5.78 Å². The number of para-hydroxylation sites is 1. The summed E-state index contributed by atoms with van der Waals surface area (Å²) in [6.07, 6.45) is 4.60. The minimum absolute atomic E-state index is 0.185. The predicted molar refractivity (Wildman–Crippen MR) is 69.0 cm³/mol. The van der Waals surface area contributed by atoms with Crippen molar-refractivity contribution >= 4 is 5.78 Å². The van der Waals surface area contributed by atoms with Gasteiger partial charge >= 0.3 is 0 Å². The largest absolute Gasteiger partial charge is 0.287 e. The maximum Gasteiger partial charge on any atom is 0.216 e. The second kappa shape index (κ2) is 4.81. The third-order valence-electron chi connectivity index (χ3n) is 2.64. The van der Waals surface area contributed by atoms with E-state index in [1.165, 1.54) is 17.2 Å². The van der Waals surface area contributed by atoms with E-state index in [1.807, 2.05) is 30.3 Å². The molecule has 0 N–H and O–H groups in total. The zero-order chi connectivity index (χ0) is 13.1. The van der Waals surface area contributed by atoms with E-state index >= 15 is 0 Å². The quantitative estimate of drug-likeness (QED) is 0.666. The molecular weight excluding hydrogens is 240 g/mol. The van der Waals surface area contributed by atoms with Crippen molar-refractivity contribution in [2.45, 2.75) is 0 Å². The maximum absolute atomic E-state index is 12.1. The number of benzene rings is 1. The standard InChI is InChI=1S/C14H10N4O/c19-14(11-5-4-8-15-9-11)13-10-16-18(17-13)12-6-2-1-3-7-12/h1-10H. The van der Waals surface area contributed by atoms with E-state index in [4.69, 9.17) is 0 Å². The van der Waals surface area contributed by atoms with Gasteiger partial charge in [-0.1, -0.05) is 18.2 Å². The summed E-state index contributed by atoms with van der Waals surface area (Å²) < 4.78 is 0. The lowest BCUT2D eigenvalue weighted by atomic mass is 10.1. The zero-order valence-corrected chi connectivity index (χ0v) is 9.97. The summed E-state index contributed by atoms with van der Waals surface area (Å²) in [5.74, 6) is -0.185. The lowest BCUT2D eigenvalue weighted by molar-refractivity contribution is 0.103. The smallest absolute Gasteiger partial charge is 0.216 e. The molecular formula is C14H10N4O. The summed E-state index contributed by atoms with van der Waals surface area (Å²) in [5.41, 5.74) is 1.62. The number of rotatable bonds is 3. The highest BCUT2D eigenvalue weighted by atomic mass is 16.1. The van der Waals surface area contributed by atoms with Crippen LogP contribution in [0.3, 0.4) is 0 Å². The topological polar surface area (TPSA) is 60.7 Å². The first kappa shape index (κ1) is 11.3. The summed E-state index contributed by atoms with van der Waals surface area (Å²) in [5, 5.41) is 8.28. The van der Waals surface area contributed by atoms with E-state index in [1.54, 1.807) is 18.3 Å². The summed E-state index contributed by atoms with van der Waals surface area (Å²) in [4.78, 5) is 17.5. The van der Waals surface area contributed by atoms with Gasteiger partial charge in [0.05, 0.1) is 11.9 Å². The summed E-state index contributed by atoms with van der Waals surface area (Å²) in [6.45, 7) is 0. The third-order valence-corrected chi connectivity index (χ3v) is 2.64. The van der Waals surface area contributed by atoms with Crippen molar-refractivity contribution < 1.29 is 4.79 Å². The molecule has 5 nitrogen and oxygen atoms in total. The Labute approximate surface area is 109 Å². The molecule has 92 valence electrons. The van der Waals surface area contributed by atoms with Gasteiger partial charge < -0.3 is 0 Å². The zero-order valence-electron chi connectivity index (χ0n) is 9.97. The molecule has 2 aromatic heterocycles. The van der Waals surface area contributed by atoms with E-state index in [0.29, 0.717) is 11.3 Å². The number of aromatic nitrogens is 4. The molecule has 3 aromatic rings. The first-order chi connectivity index (χ1) is 9.34. The lowest BCUT2D eigenvalue weighted by Gasteiger charge is -1.97. The molecule has 0 saturated carbocycles. The van der Waals surface area contributed by atoms with Crippen molar-refractivity contribution in [3.05, 3.63) is 72.3 Å². The van der Waals surface area contributed by atoms with Crippen molar-refractivity contribution in [2.24, 2.45) is 0 Å². The second-order valence-corrected chi connectivity index (χ2v) is 3.93. The highest BCUT2D eigenvalue weighted by Gasteiger charge is 2.13. The van der Waals surface area contributed by atoms with Gasteiger partial charge in [-0.3, -0.25) is 9.78 Å². The van der Waals surface area contributed by atoms with Gasteiger partial charge in [-0.15, -0.1) is 5.10 Å². The molecule has 1 aromatic carbocycles. The Morgan fingerprint density at radius 3 is 2.58 bits per heavy atom. The average Bonchev–Trinajstić information content (AvgIpc) is 2.98. The molecule has 0 bridgehead atoms. The number of pyridine rings is 1. The fourth-order valence-corrected chi connectivity index (χ4v) is 1.70. The van der Waals surface area contributed by atoms with Crippen LogP contribution in [0.4, 0.5) is 0 Å². The third kappa shape index (κ3) is 2.26. The summed E-state index contributed by atoms with van der Waals surface area (Å²) in [6, 6.07) is 12.9. The summed E-state index contributed by atoms with van der Waals surface area (Å²) in [7, 11) is 0. The molecule has 0 atom stereocenters. The second-order valence-electron chi connectivity index (χ2n) is 3.93. The van der Waals surface area contributed by atoms with Gasteiger partial charge in [0.15, 0.2) is 5.69 Å². The molecule has 0 aliphatic heterocycles. The van der Waals surface area contributed by atoms with Gasteiger partial charge in [-0.2, -0.15) is 9.90 Å². The highest BCUT2D eigenvalue weighted by Crippen LogP contribution is 2.08. The van der Waals surface area contributed by atoms with E-state index in [2.05, 4.69) is 15.2 Å². The van der Waals surface area contributed by atoms with Crippen LogP contribution in [0.5, 0.6) is 0 Å². The van der Waals surface area contributed by atoms with Crippen LogP contribution in [0.25, 0.3) is 5.69 Å². The Kier molecular flexibility index (Phi) is 2.86. The minimum Gasteiger partial charge on any atom is -0.287 e. The molecule has 19 heavy (non-hydrogen) atoms. The number of carbonyl (C=O) groups excluding carboxylic acids is 1. The lowest BCUT2D eigenvalue weighted by Crippen LogP contribution is -2.04. The van der Waals surface area contributed by atoms with Gasteiger partial charge in [-0.05, 0) is 24.3 Å². The molecule has 3 rings (SSSR count). The van der Waals surface area contributed by atoms with Crippen molar-refractivity contribution in [3.63, 3.8) is 0 Å². The molecule has 0 radical (unpaired) electrons. The van der Waals surface area contributed by atoms with E-state index in [-0.39, 0.29) is 5.78 Å². The van der Waals surface area contributed by atoms with Crippen LogP contribution in [-0.2, 0) is 0 Å². The van der Waals surface area contributed by atoms with Crippen LogP contribution in [0.15, 0.2) is 61.1 Å². The van der Waals surface area contributed by atoms with Crippen LogP contribution < -0.4 is 0 Å². The Balaban J connectivity index is 1.92. The molecule has 0 unspecified atom stereocenters. The van der Waals surface area contributed by atoms with Crippen LogP contribution in [0.1, 0.15) is 16.1 Å². The van der Waals surface area contributed by atoms with E-state index in [0.717, 1.165) is 5.69 Å². The van der Waals surface area contributed by atoms with Crippen molar-refractivity contribution in [1.29, 1.82) is 0 Å². The minimum atomic E-state index is -0.185.